The minimum atomic E-state index is -0.593. The molecule has 0 spiro atoms. The second-order valence-corrected chi connectivity index (χ2v) is 4.14. The van der Waals surface area contributed by atoms with Gasteiger partial charge in [0.05, 0.1) is 11.0 Å². The van der Waals surface area contributed by atoms with Crippen LogP contribution >= 0.6 is 0 Å². The summed E-state index contributed by atoms with van der Waals surface area (Å²) in [6.45, 7) is 4.08. The molecule has 4 nitrogen and oxygen atoms in total. The minimum absolute atomic E-state index is 0.177. The maximum atomic E-state index is 13.1. The number of halogens is 1. The van der Waals surface area contributed by atoms with Gasteiger partial charge in [-0.15, -0.1) is 0 Å². The highest BCUT2D eigenvalue weighted by molar-refractivity contribution is 5.52. The summed E-state index contributed by atoms with van der Waals surface area (Å²) in [5, 5.41) is 13.6. The Morgan fingerprint density at radius 1 is 1.47 bits per heavy atom. The molecule has 1 unspecified atom stereocenters. The molecule has 1 aromatic carbocycles. The molecule has 0 amide bonds. The summed E-state index contributed by atoms with van der Waals surface area (Å²) in [5.74, 6) is -0.593. The van der Waals surface area contributed by atoms with E-state index in [0.717, 1.165) is 25.3 Å². The standard InChI is InChI=1S/C12H17FN2O2/c1-3-4-5-9(2)14-11-6-10(13)7-12(8-11)15(16)17/h6-9,14H,3-5H2,1-2H3. The van der Waals surface area contributed by atoms with Gasteiger partial charge in [-0.05, 0) is 19.4 Å². The van der Waals surface area contributed by atoms with Crippen LogP contribution in [0.3, 0.4) is 0 Å². The predicted molar refractivity (Wildman–Crippen MR) is 65.7 cm³/mol. The molecular formula is C12H17FN2O2. The highest BCUT2D eigenvalue weighted by Gasteiger charge is 2.11. The number of nitro benzene ring substituents is 1. The Morgan fingerprint density at radius 2 is 2.18 bits per heavy atom. The van der Waals surface area contributed by atoms with Crippen LogP contribution in [0, 0.1) is 15.9 Å². The van der Waals surface area contributed by atoms with Crippen LogP contribution in [0.15, 0.2) is 18.2 Å². The number of hydrogen-bond donors (Lipinski definition) is 1. The van der Waals surface area contributed by atoms with Gasteiger partial charge in [-0.2, -0.15) is 0 Å². The number of rotatable bonds is 6. The van der Waals surface area contributed by atoms with Crippen molar-refractivity contribution < 1.29 is 9.31 Å². The number of benzene rings is 1. The van der Waals surface area contributed by atoms with Gasteiger partial charge in [-0.1, -0.05) is 19.8 Å². The lowest BCUT2D eigenvalue weighted by atomic mass is 10.1. The topological polar surface area (TPSA) is 55.2 Å². The number of non-ortho nitro benzene ring substituents is 1. The van der Waals surface area contributed by atoms with Gasteiger partial charge in [0.2, 0.25) is 0 Å². The van der Waals surface area contributed by atoms with Crippen molar-refractivity contribution >= 4 is 11.4 Å². The van der Waals surface area contributed by atoms with E-state index in [2.05, 4.69) is 12.2 Å². The third-order valence-electron chi connectivity index (χ3n) is 2.50. The molecule has 0 aliphatic rings. The van der Waals surface area contributed by atoms with E-state index in [1.807, 2.05) is 6.92 Å². The fraction of sp³-hybridized carbons (Fsp3) is 0.500. The summed E-state index contributed by atoms with van der Waals surface area (Å²) in [4.78, 5) is 9.98. The van der Waals surface area contributed by atoms with Crippen LogP contribution in [0.4, 0.5) is 15.8 Å². The lowest BCUT2D eigenvalue weighted by Gasteiger charge is -2.14. The summed E-state index contributed by atoms with van der Waals surface area (Å²) >= 11 is 0. The van der Waals surface area contributed by atoms with E-state index in [1.165, 1.54) is 12.1 Å². The van der Waals surface area contributed by atoms with Crippen LogP contribution in [0.25, 0.3) is 0 Å². The molecule has 0 saturated heterocycles. The highest BCUT2D eigenvalue weighted by Crippen LogP contribution is 2.21. The van der Waals surface area contributed by atoms with E-state index in [9.17, 15) is 14.5 Å². The Labute approximate surface area is 100.0 Å². The molecule has 0 saturated carbocycles. The molecule has 17 heavy (non-hydrogen) atoms. The third kappa shape index (κ3) is 4.38. The van der Waals surface area contributed by atoms with Crippen molar-refractivity contribution in [2.45, 2.75) is 39.2 Å². The van der Waals surface area contributed by atoms with Gasteiger partial charge in [-0.25, -0.2) is 4.39 Å². The quantitative estimate of drug-likeness (QED) is 0.609. The van der Waals surface area contributed by atoms with Crippen molar-refractivity contribution in [1.82, 2.24) is 0 Å². The monoisotopic (exact) mass is 240 g/mol. The van der Waals surface area contributed by atoms with Crippen LogP contribution in [0.1, 0.15) is 33.1 Å². The lowest BCUT2D eigenvalue weighted by Crippen LogP contribution is -2.15. The average molecular weight is 240 g/mol. The van der Waals surface area contributed by atoms with Crippen molar-refractivity contribution in [3.8, 4) is 0 Å². The Balaban J connectivity index is 2.73. The Kier molecular flexibility index (Phi) is 4.87. The average Bonchev–Trinajstić information content (AvgIpc) is 2.25. The molecule has 1 atom stereocenters. The Morgan fingerprint density at radius 3 is 2.76 bits per heavy atom. The number of anilines is 1. The van der Waals surface area contributed by atoms with Crippen LogP contribution in [-0.2, 0) is 0 Å². The second-order valence-electron chi connectivity index (χ2n) is 4.14. The van der Waals surface area contributed by atoms with E-state index in [4.69, 9.17) is 0 Å². The predicted octanol–water partition coefficient (Wildman–Crippen LogP) is 3.72. The third-order valence-corrected chi connectivity index (χ3v) is 2.50. The van der Waals surface area contributed by atoms with Crippen molar-refractivity contribution in [2.75, 3.05) is 5.32 Å². The summed E-state index contributed by atoms with van der Waals surface area (Å²) in [5.41, 5.74) is 0.232. The molecule has 0 radical (unpaired) electrons. The van der Waals surface area contributed by atoms with Gasteiger partial charge in [0.25, 0.3) is 5.69 Å². The largest absolute Gasteiger partial charge is 0.382 e. The maximum Gasteiger partial charge on any atom is 0.274 e. The first kappa shape index (κ1) is 13.4. The summed E-state index contributed by atoms with van der Waals surface area (Å²) in [6.07, 6.45) is 3.13. The smallest absolute Gasteiger partial charge is 0.274 e. The number of hydrogen-bond acceptors (Lipinski definition) is 3. The lowest BCUT2D eigenvalue weighted by molar-refractivity contribution is -0.385. The maximum absolute atomic E-state index is 13.1. The van der Waals surface area contributed by atoms with Crippen LogP contribution in [0.5, 0.6) is 0 Å². The second kappa shape index (κ2) is 6.18. The van der Waals surface area contributed by atoms with Gasteiger partial charge in [-0.3, -0.25) is 10.1 Å². The summed E-state index contributed by atoms with van der Waals surface area (Å²) in [7, 11) is 0. The summed E-state index contributed by atoms with van der Waals surface area (Å²) < 4.78 is 13.1. The molecule has 0 aromatic heterocycles. The molecule has 0 aliphatic carbocycles. The van der Waals surface area contributed by atoms with Gasteiger partial charge >= 0.3 is 0 Å². The van der Waals surface area contributed by atoms with Crippen molar-refractivity contribution in [2.24, 2.45) is 0 Å². The van der Waals surface area contributed by atoms with Gasteiger partial charge in [0, 0.05) is 17.8 Å². The van der Waals surface area contributed by atoms with Gasteiger partial charge in [0.1, 0.15) is 5.82 Å². The summed E-state index contributed by atoms with van der Waals surface area (Å²) in [6, 6.07) is 3.72. The molecule has 94 valence electrons. The molecule has 1 aromatic rings. The fourth-order valence-corrected chi connectivity index (χ4v) is 1.63. The molecule has 0 bridgehead atoms. The first-order chi connectivity index (χ1) is 8.02. The van der Waals surface area contributed by atoms with Crippen LogP contribution in [0.2, 0.25) is 0 Å². The number of nitro groups is 1. The van der Waals surface area contributed by atoms with E-state index in [1.54, 1.807) is 0 Å². The van der Waals surface area contributed by atoms with E-state index in [-0.39, 0.29) is 11.7 Å². The van der Waals surface area contributed by atoms with E-state index >= 15 is 0 Å². The number of nitrogens with zero attached hydrogens (tertiary/aromatic N) is 1. The SMILES string of the molecule is CCCCC(C)Nc1cc(F)cc([N+](=O)[O-])c1. The molecule has 0 aliphatic heterocycles. The normalized spacial score (nSPS) is 12.2. The van der Waals surface area contributed by atoms with Crippen molar-refractivity contribution in [1.29, 1.82) is 0 Å². The first-order valence-electron chi connectivity index (χ1n) is 5.74. The number of unbranched alkanes of at least 4 members (excludes halogenated alkanes) is 1. The van der Waals surface area contributed by atoms with Crippen LogP contribution < -0.4 is 5.32 Å². The zero-order valence-corrected chi connectivity index (χ0v) is 10.1. The van der Waals surface area contributed by atoms with E-state index in [0.29, 0.717) is 5.69 Å². The Hall–Kier alpha value is -1.65. The van der Waals surface area contributed by atoms with Gasteiger partial charge < -0.3 is 5.32 Å². The molecule has 1 N–H and O–H groups in total. The Bertz CT molecular complexity index is 396. The first-order valence-corrected chi connectivity index (χ1v) is 5.74. The highest BCUT2D eigenvalue weighted by atomic mass is 19.1. The molecule has 0 heterocycles. The van der Waals surface area contributed by atoms with Crippen LogP contribution in [-0.4, -0.2) is 11.0 Å². The van der Waals surface area contributed by atoms with Crippen molar-refractivity contribution in [3.05, 3.63) is 34.1 Å². The minimum Gasteiger partial charge on any atom is -0.382 e. The number of nitrogens with one attached hydrogen (secondary N) is 1. The molecule has 5 heteroatoms. The molecule has 0 fully saturated rings. The zero-order valence-electron chi connectivity index (χ0n) is 10.1. The van der Waals surface area contributed by atoms with Crippen molar-refractivity contribution in [3.63, 3.8) is 0 Å². The zero-order chi connectivity index (χ0) is 12.8. The molecular weight excluding hydrogens is 223 g/mol. The van der Waals surface area contributed by atoms with E-state index < -0.39 is 10.7 Å². The van der Waals surface area contributed by atoms with Gasteiger partial charge in [0.15, 0.2) is 0 Å². The fourth-order valence-electron chi connectivity index (χ4n) is 1.63. The molecule has 1 rings (SSSR count).